The Hall–Kier alpha value is -3.42. The number of aliphatic hydroxyl groups is 1. The highest BCUT2D eigenvalue weighted by Crippen LogP contribution is 2.53. The number of nitrogens with zero attached hydrogens (tertiary/aromatic N) is 3. The van der Waals surface area contributed by atoms with Crippen LogP contribution in [0.25, 0.3) is 0 Å². The van der Waals surface area contributed by atoms with E-state index in [4.69, 9.17) is 0 Å². The number of hydrogen-bond acceptors (Lipinski definition) is 4. The van der Waals surface area contributed by atoms with Gasteiger partial charge in [0, 0.05) is 30.3 Å². The second-order valence-electron chi connectivity index (χ2n) is 7.89. The summed E-state index contributed by atoms with van der Waals surface area (Å²) in [5, 5.41) is 20.3. The second kappa shape index (κ2) is 8.98. The molecule has 0 bridgehead atoms. The van der Waals surface area contributed by atoms with Crippen LogP contribution in [0.2, 0.25) is 0 Å². The molecule has 0 fully saturated rings. The maximum Gasteiger partial charge on any atom is 0.435 e. The van der Waals surface area contributed by atoms with Crippen molar-refractivity contribution in [3.8, 4) is 0 Å². The number of fused-ring (bicyclic) bond motifs is 1. The molecule has 0 saturated heterocycles. The van der Waals surface area contributed by atoms with Crippen LogP contribution in [0.5, 0.6) is 0 Å². The average molecular weight is 509 g/mol. The Morgan fingerprint density at radius 1 is 1.03 bits per heavy atom. The van der Waals surface area contributed by atoms with Crippen LogP contribution >= 0.6 is 0 Å². The molecule has 1 aliphatic rings. The average Bonchev–Trinajstić information content (AvgIpc) is 2.74. The Kier molecular flexibility index (Phi) is 6.72. The molecule has 0 spiro atoms. The number of carbonyl (C=O) groups excluding carboxylic acids is 1. The standard InChI is InChI=1S/C21H18F7N3O4/c1-12-8-13(2-4-16(12)31(34)35)10-30-17-5-3-15(19(22,20(23,24)25)21(26,27)28)9-14(17)11-29(6-7-32)18(30)33/h2-5,8-9,32H,6-7,10-11H2,1H3. The summed E-state index contributed by atoms with van der Waals surface area (Å²) in [6, 6.07) is 4.75. The molecule has 7 nitrogen and oxygen atoms in total. The summed E-state index contributed by atoms with van der Waals surface area (Å²) in [5.74, 6) is 0. The number of rotatable bonds is 6. The molecule has 0 radical (unpaired) electrons. The predicted octanol–water partition coefficient (Wildman–Crippen LogP) is 5.13. The first kappa shape index (κ1) is 26.2. The zero-order chi connectivity index (χ0) is 26.3. The van der Waals surface area contributed by atoms with Crippen LogP contribution in [0.15, 0.2) is 36.4 Å². The molecule has 0 aromatic heterocycles. The van der Waals surface area contributed by atoms with Crippen LogP contribution in [0, 0.1) is 17.0 Å². The topological polar surface area (TPSA) is 86.9 Å². The number of amides is 2. The lowest BCUT2D eigenvalue weighted by Crippen LogP contribution is -2.51. The molecule has 0 atom stereocenters. The van der Waals surface area contributed by atoms with E-state index in [2.05, 4.69) is 0 Å². The van der Waals surface area contributed by atoms with Crippen molar-refractivity contribution in [2.24, 2.45) is 0 Å². The normalized spacial score (nSPS) is 14.8. The molecule has 35 heavy (non-hydrogen) atoms. The fourth-order valence-corrected chi connectivity index (χ4v) is 3.88. The molecule has 0 aliphatic carbocycles. The molecule has 1 N–H and O–H groups in total. The quantitative estimate of drug-likeness (QED) is 0.333. The summed E-state index contributed by atoms with van der Waals surface area (Å²) >= 11 is 0. The minimum atomic E-state index is -6.30. The molecule has 2 aromatic carbocycles. The third-order valence-electron chi connectivity index (χ3n) is 5.58. The first-order valence-corrected chi connectivity index (χ1v) is 9.98. The van der Waals surface area contributed by atoms with E-state index in [-0.39, 0.29) is 35.6 Å². The highest BCUT2D eigenvalue weighted by atomic mass is 19.4. The zero-order valence-corrected chi connectivity index (χ0v) is 18.0. The van der Waals surface area contributed by atoms with Crippen molar-refractivity contribution in [2.75, 3.05) is 18.1 Å². The van der Waals surface area contributed by atoms with Gasteiger partial charge >= 0.3 is 24.1 Å². The number of hydrogen-bond donors (Lipinski definition) is 1. The molecule has 14 heteroatoms. The minimum Gasteiger partial charge on any atom is -0.395 e. The number of aliphatic hydroxyl groups excluding tert-OH is 1. The van der Waals surface area contributed by atoms with Crippen molar-refractivity contribution in [3.05, 3.63) is 68.8 Å². The Morgan fingerprint density at radius 3 is 2.17 bits per heavy atom. The summed E-state index contributed by atoms with van der Waals surface area (Å²) in [4.78, 5) is 25.4. The lowest BCUT2D eigenvalue weighted by molar-refractivity contribution is -0.385. The van der Waals surface area contributed by atoms with E-state index in [1.807, 2.05) is 0 Å². The number of halogens is 7. The monoisotopic (exact) mass is 509 g/mol. The molecule has 3 rings (SSSR count). The summed E-state index contributed by atoms with van der Waals surface area (Å²) in [5.41, 5.74) is -7.14. The number of aryl methyl sites for hydroxylation is 1. The maximum absolute atomic E-state index is 14.6. The number of alkyl halides is 7. The Balaban J connectivity index is 2.10. The smallest absolute Gasteiger partial charge is 0.395 e. The third-order valence-corrected chi connectivity index (χ3v) is 5.58. The summed E-state index contributed by atoms with van der Waals surface area (Å²) in [7, 11) is 0. The highest BCUT2D eigenvalue weighted by molar-refractivity contribution is 5.95. The van der Waals surface area contributed by atoms with E-state index in [1.165, 1.54) is 25.1 Å². The molecular weight excluding hydrogens is 491 g/mol. The van der Waals surface area contributed by atoms with Crippen molar-refractivity contribution in [2.45, 2.75) is 38.0 Å². The number of β-amino-alcohol motifs (C(OH)–C–C–N with tert-alkyl or cyclic N) is 1. The van der Waals surface area contributed by atoms with E-state index >= 15 is 0 Å². The molecule has 0 saturated carbocycles. The lowest BCUT2D eigenvalue weighted by Gasteiger charge is -2.38. The Morgan fingerprint density at radius 2 is 1.66 bits per heavy atom. The van der Waals surface area contributed by atoms with Gasteiger partial charge in [-0.25, -0.2) is 9.18 Å². The number of nitro groups is 1. The number of urea groups is 1. The van der Waals surface area contributed by atoms with Gasteiger partial charge in [0.1, 0.15) is 0 Å². The van der Waals surface area contributed by atoms with Gasteiger partial charge in [-0.15, -0.1) is 0 Å². The largest absolute Gasteiger partial charge is 0.435 e. The van der Waals surface area contributed by atoms with Gasteiger partial charge < -0.3 is 10.0 Å². The Bertz CT molecular complexity index is 1140. The Labute approximate surface area is 193 Å². The molecule has 0 unspecified atom stereocenters. The number of anilines is 1. The van der Waals surface area contributed by atoms with Crippen LogP contribution < -0.4 is 4.90 Å². The van der Waals surface area contributed by atoms with Gasteiger partial charge in [0.15, 0.2) is 0 Å². The van der Waals surface area contributed by atoms with Gasteiger partial charge in [0.05, 0.1) is 23.8 Å². The van der Waals surface area contributed by atoms with Crippen molar-refractivity contribution < 1.29 is 45.6 Å². The van der Waals surface area contributed by atoms with E-state index in [1.54, 1.807) is 0 Å². The predicted molar refractivity (Wildman–Crippen MR) is 108 cm³/mol. The molecule has 2 amide bonds. The maximum atomic E-state index is 14.6. The van der Waals surface area contributed by atoms with Crippen molar-refractivity contribution in [1.29, 1.82) is 0 Å². The molecule has 1 aliphatic heterocycles. The van der Waals surface area contributed by atoms with Crippen LogP contribution in [-0.2, 0) is 18.8 Å². The fraction of sp³-hybridized carbons (Fsp3) is 0.381. The van der Waals surface area contributed by atoms with Gasteiger partial charge in [-0.05, 0) is 36.2 Å². The van der Waals surface area contributed by atoms with Crippen molar-refractivity contribution in [3.63, 3.8) is 0 Å². The zero-order valence-electron chi connectivity index (χ0n) is 18.0. The third kappa shape index (κ3) is 4.61. The number of carbonyl (C=O) groups is 1. The number of benzene rings is 2. The van der Waals surface area contributed by atoms with Crippen molar-refractivity contribution in [1.82, 2.24) is 4.90 Å². The first-order valence-electron chi connectivity index (χ1n) is 9.98. The molecular formula is C21H18F7N3O4. The fourth-order valence-electron chi connectivity index (χ4n) is 3.88. The van der Waals surface area contributed by atoms with Gasteiger partial charge in [0.2, 0.25) is 0 Å². The molecule has 190 valence electrons. The van der Waals surface area contributed by atoms with Crippen molar-refractivity contribution >= 4 is 17.4 Å². The lowest BCUT2D eigenvalue weighted by atomic mass is 9.91. The summed E-state index contributed by atoms with van der Waals surface area (Å²) in [6.45, 7) is -0.108. The van der Waals surface area contributed by atoms with Crippen LogP contribution in [0.4, 0.5) is 46.9 Å². The van der Waals surface area contributed by atoms with Gasteiger partial charge in [-0.3, -0.25) is 15.0 Å². The van der Waals surface area contributed by atoms with Crippen LogP contribution in [0.3, 0.4) is 0 Å². The first-order chi connectivity index (χ1) is 16.1. The minimum absolute atomic E-state index is 0.0596. The SMILES string of the molecule is Cc1cc(CN2C(=O)N(CCO)Cc3cc(C(F)(C(F)(F)F)C(F)(F)F)ccc32)ccc1[N+](=O)[O-]. The second-order valence-corrected chi connectivity index (χ2v) is 7.89. The summed E-state index contributed by atoms with van der Waals surface area (Å²) in [6.07, 6.45) is -12.6. The van der Waals surface area contributed by atoms with E-state index in [0.717, 1.165) is 15.9 Å². The van der Waals surface area contributed by atoms with E-state index in [0.29, 0.717) is 17.7 Å². The number of nitro benzene ring substituents is 1. The molecule has 2 aromatic rings. The van der Waals surface area contributed by atoms with E-state index < -0.39 is 47.7 Å². The van der Waals surface area contributed by atoms with Gasteiger partial charge in [0.25, 0.3) is 5.69 Å². The van der Waals surface area contributed by atoms with Gasteiger partial charge in [-0.1, -0.05) is 12.1 Å². The van der Waals surface area contributed by atoms with Crippen LogP contribution in [0.1, 0.15) is 22.3 Å². The molecule has 1 heterocycles. The van der Waals surface area contributed by atoms with Gasteiger partial charge in [-0.2, -0.15) is 26.3 Å². The summed E-state index contributed by atoms with van der Waals surface area (Å²) < 4.78 is 93.9. The van der Waals surface area contributed by atoms with E-state index in [9.17, 15) is 50.7 Å². The highest BCUT2D eigenvalue weighted by Gasteiger charge is 2.73. The van der Waals surface area contributed by atoms with Crippen LogP contribution in [-0.4, -0.2) is 46.5 Å².